The summed E-state index contributed by atoms with van der Waals surface area (Å²) in [5.41, 5.74) is 7.69. The normalized spacial score (nSPS) is 10.4. The van der Waals surface area contributed by atoms with Crippen LogP contribution in [0.5, 0.6) is 0 Å². The molecule has 5 heteroatoms. The Morgan fingerprint density at radius 2 is 2.11 bits per heavy atom. The Kier molecular flexibility index (Phi) is 5.71. The highest BCUT2D eigenvalue weighted by Gasteiger charge is 2.18. The Hall–Kier alpha value is -1.49. The maximum Gasteiger partial charge on any atom is 0.255 e. The molecule has 0 radical (unpaired) electrons. The van der Waals surface area contributed by atoms with Crippen molar-refractivity contribution in [3.05, 3.63) is 23.0 Å². The van der Waals surface area contributed by atoms with E-state index in [9.17, 15) is 4.79 Å². The molecule has 0 aliphatic heterocycles. The van der Waals surface area contributed by atoms with E-state index in [-0.39, 0.29) is 5.91 Å². The van der Waals surface area contributed by atoms with Crippen LogP contribution in [0.15, 0.2) is 6.07 Å². The number of carbonyl (C=O) groups is 1. The molecule has 0 bridgehead atoms. The van der Waals surface area contributed by atoms with E-state index in [2.05, 4.69) is 10.2 Å². The largest absolute Gasteiger partial charge is 0.339 e. The summed E-state index contributed by atoms with van der Waals surface area (Å²) in [6.45, 7) is 7.77. The summed E-state index contributed by atoms with van der Waals surface area (Å²) in [6.07, 6.45) is 1.53. The fraction of sp³-hybridized carbons (Fsp3) is 0.615. The Morgan fingerprint density at radius 1 is 1.39 bits per heavy atom. The summed E-state index contributed by atoms with van der Waals surface area (Å²) in [7, 11) is 0. The van der Waals surface area contributed by atoms with E-state index < -0.39 is 0 Å². The second-order valence-electron chi connectivity index (χ2n) is 4.23. The molecule has 0 spiro atoms. The van der Waals surface area contributed by atoms with E-state index in [1.54, 1.807) is 0 Å². The Morgan fingerprint density at radius 3 is 2.67 bits per heavy atom. The predicted octanol–water partition coefficient (Wildman–Crippen LogP) is 1.16. The van der Waals surface area contributed by atoms with Crippen molar-refractivity contribution in [2.75, 3.05) is 19.6 Å². The molecule has 18 heavy (non-hydrogen) atoms. The van der Waals surface area contributed by atoms with Gasteiger partial charge in [0.15, 0.2) is 0 Å². The predicted molar refractivity (Wildman–Crippen MR) is 71.4 cm³/mol. The summed E-state index contributed by atoms with van der Waals surface area (Å²) >= 11 is 0. The third-order valence-electron chi connectivity index (χ3n) is 2.86. The van der Waals surface area contributed by atoms with E-state index >= 15 is 0 Å². The fourth-order valence-electron chi connectivity index (χ4n) is 1.82. The van der Waals surface area contributed by atoms with E-state index in [0.717, 1.165) is 17.8 Å². The quantitative estimate of drug-likeness (QED) is 0.822. The molecule has 100 valence electrons. The van der Waals surface area contributed by atoms with Crippen LogP contribution in [0.4, 0.5) is 0 Å². The minimum Gasteiger partial charge on any atom is -0.339 e. The van der Waals surface area contributed by atoms with Gasteiger partial charge in [0.2, 0.25) is 0 Å². The van der Waals surface area contributed by atoms with Crippen LogP contribution >= 0.6 is 0 Å². The van der Waals surface area contributed by atoms with Crippen molar-refractivity contribution in [1.82, 2.24) is 15.1 Å². The highest BCUT2D eigenvalue weighted by atomic mass is 16.2. The minimum absolute atomic E-state index is 0.0285. The molecule has 0 saturated heterocycles. The van der Waals surface area contributed by atoms with E-state index in [4.69, 9.17) is 5.73 Å². The fourth-order valence-corrected chi connectivity index (χ4v) is 1.82. The zero-order valence-corrected chi connectivity index (χ0v) is 11.4. The van der Waals surface area contributed by atoms with Gasteiger partial charge < -0.3 is 10.6 Å². The van der Waals surface area contributed by atoms with Crippen LogP contribution in [0.1, 0.15) is 42.0 Å². The average molecular weight is 250 g/mol. The van der Waals surface area contributed by atoms with Gasteiger partial charge in [-0.05, 0) is 39.3 Å². The first-order chi connectivity index (χ1) is 8.63. The third-order valence-corrected chi connectivity index (χ3v) is 2.86. The van der Waals surface area contributed by atoms with Crippen LogP contribution in [0, 0.1) is 6.92 Å². The standard InChI is InChI=1S/C13H22N4O/c1-4-12-11(9-10(3)15-16-12)13(18)17(5-2)8-6-7-14/h9H,4-8,14H2,1-3H3. The van der Waals surface area contributed by atoms with Gasteiger partial charge in [0.25, 0.3) is 5.91 Å². The van der Waals surface area contributed by atoms with Crippen molar-refractivity contribution in [1.29, 1.82) is 0 Å². The Labute approximate surface area is 108 Å². The van der Waals surface area contributed by atoms with Crippen molar-refractivity contribution >= 4 is 5.91 Å². The van der Waals surface area contributed by atoms with Gasteiger partial charge in [-0.2, -0.15) is 10.2 Å². The van der Waals surface area contributed by atoms with Crippen molar-refractivity contribution < 1.29 is 4.79 Å². The molecule has 0 atom stereocenters. The molecule has 0 aromatic carbocycles. The molecule has 0 unspecified atom stereocenters. The lowest BCUT2D eigenvalue weighted by atomic mass is 10.1. The van der Waals surface area contributed by atoms with Crippen LogP contribution in [-0.2, 0) is 6.42 Å². The maximum atomic E-state index is 12.4. The second kappa shape index (κ2) is 7.06. The first-order valence-electron chi connectivity index (χ1n) is 6.46. The topological polar surface area (TPSA) is 72.1 Å². The minimum atomic E-state index is 0.0285. The molecule has 1 amide bonds. The molecule has 5 nitrogen and oxygen atoms in total. The summed E-state index contributed by atoms with van der Waals surface area (Å²) < 4.78 is 0. The molecule has 1 rings (SSSR count). The van der Waals surface area contributed by atoms with Gasteiger partial charge in [0, 0.05) is 13.1 Å². The summed E-state index contributed by atoms with van der Waals surface area (Å²) in [5.74, 6) is 0.0285. The first kappa shape index (κ1) is 14.6. The number of nitrogens with zero attached hydrogens (tertiary/aromatic N) is 3. The SMILES string of the molecule is CCc1nnc(C)cc1C(=O)N(CC)CCCN. The average Bonchev–Trinajstić information content (AvgIpc) is 2.39. The van der Waals surface area contributed by atoms with Crippen LogP contribution in [0.25, 0.3) is 0 Å². The molecular formula is C13H22N4O. The van der Waals surface area contributed by atoms with Crippen LogP contribution in [0.3, 0.4) is 0 Å². The number of carbonyl (C=O) groups excluding carboxylic acids is 1. The number of rotatable bonds is 6. The molecule has 2 N–H and O–H groups in total. The molecular weight excluding hydrogens is 228 g/mol. The number of hydrogen-bond donors (Lipinski definition) is 1. The number of aromatic nitrogens is 2. The molecule has 1 aromatic heterocycles. The highest BCUT2D eigenvalue weighted by Crippen LogP contribution is 2.11. The summed E-state index contributed by atoms with van der Waals surface area (Å²) in [6, 6.07) is 1.82. The zero-order valence-electron chi connectivity index (χ0n) is 11.4. The smallest absolute Gasteiger partial charge is 0.255 e. The molecule has 0 saturated carbocycles. The number of nitrogens with two attached hydrogens (primary N) is 1. The molecule has 0 fully saturated rings. The molecule has 0 aliphatic rings. The Bertz CT molecular complexity index is 406. The number of hydrogen-bond acceptors (Lipinski definition) is 4. The van der Waals surface area contributed by atoms with Gasteiger partial charge in [-0.15, -0.1) is 0 Å². The highest BCUT2D eigenvalue weighted by molar-refractivity contribution is 5.95. The number of aryl methyl sites for hydroxylation is 2. The van der Waals surface area contributed by atoms with Crippen LogP contribution in [0.2, 0.25) is 0 Å². The maximum absolute atomic E-state index is 12.4. The lowest BCUT2D eigenvalue weighted by molar-refractivity contribution is 0.0761. The van der Waals surface area contributed by atoms with Crippen LogP contribution < -0.4 is 5.73 Å². The second-order valence-corrected chi connectivity index (χ2v) is 4.23. The lowest BCUT2D eigenvalue weighted by Gasteiger charge is -2.21. The number of amides is 1. The van der Waals surface area contributed by atoms with E-state index in [1.165, 1.54) is 0 Å². The van der Waals surface area contributed by atoms with Crippen molar-refractivity contribution in [3.8, 4) is 0 Å². The Balaban J connectivity index is 2.96. The zero-order chi connectivity index (χ0) is 13.5. The van der Waals surface area contributed by atoms with Crippen molar-refractivity contribution in [2.24, 2.45) is 5.73 Å². The molecule has 1 heterocycles. The van der Waals surface area contributed by atoms with Gasteiger partial charge in [-0.25, -0.2) is 0 Å². The summed E-state index contributed by atoms with van der Waals surface area (Å²) in [5, 5.41) is 8.09. The van der Waals surface area contributed by atoms with Gasteiger partial charge in [-0.1, -0.05) is 6.92 Å². The van der Waals surface area contributed by atoms with Crippen molar-refractivity contribution in [3.63, 3.8) is 0 Å². The third kappa shape index (κ3) is 3.50. The van der Waals surface area contributed by atoms with Crippen molar-refractivity contribution in [2.45, 2.75) is 33.6 Å². The van der Waals surface area contributed by atoms with E-state index in [0.29, 0.717) is 31.6 Å². The first-order valence-corrected chi connectivity index (χ1v) is 6.46. The monoisotopic (exact) mass is 250 g/mol. The van der Waals surface area contributed by atoms with Crippen LogP contribution in [-0.4, -0.2) is 40.6 Å². The van der Waals surface area contributed by atoms with E-state index in [1.807, 2.05) is 31.7 Å². The lowest BCUT2D eigenvalue weighted by Crippen LogP contribution is -2.33. The molecule has 0 aliphatic carbocycles. The van der Waals surface area contributed by atoms with Gasteiger partial charge in [0.05, 0.1) is 17.0 Å². The van der Waals surface area contributed by atoms with Gasteiger partial charge in [-0.3, -0.25) is 4.79 Å². The van der Waals surface area contributed by atoms with Gasteiger partial charge in [0.1, 0.15) is 0 Å². The summed E-state index contributed by atoms with van der Waals surface area (Å²) in [4.78, 5) is 14.2. The van der Waals surface area contributed by atoms with Gasteiger partial charge >= 0.3 is 0 Å². The molecule has 1 aromatic rings.